The van der Waals surface area contributed by atoms with Crippen LogP contribution in [0.2, 0.25) is 0 Å². The second kappa shape index (κ2) is 4.48. The number of nitrogens with two attached hydrogens (primary N) is 1. The highest BCUT2D eigenvalue weighted by molar-refractivity contribution is 8.02. The van der Waals surface area contributed by atoms with E-state index < -0.39 is 0 Å². The van der Waals surface area contributed by atoms with Gasteiger partial charge in [-0.15, -0.1) is 11.3 Å². The van der Waals surface area contributed by atoms with E-state index in [1.165, 1.54) is 11.8 Å². The average molecular weight is 217 g/mol. The Kier molecular flexibility index (Phi) is 3.56. The smallest absolute Gasteiger partial charge is 0.152 e. The van der Waals surface area contributed by atoms with Crippen molar-refractivity contribution in [3.63, 3.8) is 0 Å². The van der Waals surface area contributed by atoms with Crippen molar-refractivity contribution in [2.75, 3.05) is 0 Å². The molecule has 1 unspecified atom stereocenters. The van der Waals surface area contributed by atoms with E-state index >= 15 is 0 Å². The summed E-state index contributed by atoms with van der Waals surface area (Å²) in [6.07, 6.45) is 0. The molecule has 0 aromatic carbocycles. The van der Waals surface area contributed by atoms with Crippen molar-refractivity contribution in [2.45, 2.75) is 23.4 Å². The largest absolute Gasteiger partial charge is 0.409 e. The Morgan fingerprint density at radius 3 is 3.00 bits per heavy atom. The molecule has 3 N–H and O–H groups in total. The summed E-state index contributed by atoms with van der Waals surface area (Å²) in [5, 5.41) is 13.3. The van der Waals surface area contributed by atoms with Gasteiger partial charge in [-0.2, -0.15) is 0 Å². The van der Waals surface area contributed by atoms with E-state index in [-0.39, 0.29) is 11.1 Å². The molecule has 72 valence electrons. The van der Waals surface area contributed by atoms with Crippen molar-refractivity contribution in [1.82, 2.24) is 4.98 Å². The molecule has 1 heterocycles. The van der Waals surface area contributed by atoms with Crippen LogP contribution >= 0.6 is 23.1 Å². The Morgan fingerprint density at radius 1 is 1.85 bits per heavy atom. The number of hydrogen-bond acceptors (Lipinski definition) is 5. The number of amidine groups is 1. The molecule has 0 aliphatic heterocycles. The zero-order chi connectivity index (χ0) is 9.84. The minimum atomic E-state index is -0.0458. The van der Waals surface area contributed by atoms with E-state index in [4.69, 9.17) is 10.9 Å². The predicted octanol–water partition coefficient (Wildman–Crippen LogP) is 1.68. The Bertz CT molecular complexity index is 310. The fourth-order valence-corrected chi connectivity index (χ4v) is 2.67. The second-order valence-electron chi connectivity index (χ2n) is 2.54. The van der Waals surface area contributed by atoms with Crippen LogP contribution < -0.4 is 5.73 Å². The number of aromatic nitrogens is 1. The monoisotopic (exact) mass is 217 g/mol. The molecule has 0 aliphatic rings. The molecule has 0 amide bonds. The summed E-state index contributed by atoms with van der Waals surface area (Å²) in [5.74, 6) is 0.220. The summed E-state index contributed by atoms with van der Waals surface area (Å²) in [7, 11) is 0. The Morgan fingerprint density at radius 2 is 2.54 bits per heavy atom. The van der Waals surface area contributed by atoms with E-state index in [9.17, 15) is 0 Å². The standard InChI is InChI=1S/C7H11N3OS2/c1-4-3-12-7(9-4)13-5(2)6(8)10-11/h3,5,11H,1-2H3,(H2,8,10). The Labute approximate surface area is 84.9 Å². The van der Waals surface area contributed by atoms with E-state index in [1.807, 2.05) is 19.2 Å². The zero-order valence-electron chi connectivity index (χ0n) is 7.39. The normalized spacial score (nSPS) is 14.5. The van der Waals surface area contributed by atoms with Gasteiger partial charge < -0.3 is 10.9 Å². The molecule has 0 bridgehead atoms. The van der Waals surface area contributed by atoms with Gasteiger partial charge in [-0.05, 0) is 13.8 Å². The topological polar surface area (TPSA) is 71.5 Å². The first kappa shape index (κ1) is 10.3. The van der Waals surface area contributed by atoms with Crippen LogP contribution in [0.5, 0.6) is 0 Å². The van der Waals surface area contributed by atoms with Crippen LogP contribution in [0.25, 0.3) is 0 Å². The molecule has 0 saturated heterocycles. The summed E-state index contributed by atoms with van der Waals surface area (Å²) < 4.78 is 0.941. The van der Waals surface area contributed by atoms with Gasteiger partial charge in [0.1, 0.15) is 0 Å². The molecule has 1 aromatic heterocycles. The van der Waals surface area contributed by atoms with Gasteiger partial charge in [0.05, 0.1) is 5.25 Å². The summed E-state index contributed by atoms with van der Waals surface area (Å²) >= 11 is 3.05. The lowest BCUT2D eigenvalue weighted by molar-refractivity contribution is 0.317. The molecule has 0 aliphatic carbocycles. The lowest BCUT2D eigenvalue weighted by Gasteiger charge is -2.05. The SMILES string of the molecule is Cc1csc(SC(C)/C(N)=N/O)n1. The van der Waals surface area contributed by atoms with Crippen molar-refractivity contribution in [2.24, 2.45) is 10.9 Å². The van der Waals surface area contributed by atoms with Crippen molar-refractivity contribution in [1.29, 1.82) is 0 Å². The van der Waals surface area contributed by atoms with Crippen molar-refractivity contribution < 1.29 is 5.21 Å². The molecule has 0 spiro atoms. The maximum absolute atomic E-state index is 8.42. The molecule has 1 aromatic rings. The molecule has 1 atom stereocenters. The fourth-order valence-electron chi connectivity index (χ4n) is 0.679. The first-order valence-electron chi connectivity index (χ1n) is 3.69. The number of thiazole rings is 1. The molecular formula is C7H11N3OS2. The van der Waals surface area contributed by atoms with Gasteiger partial charge in [-0.1, -0.05) is 16.9 Å². The molecule has 6 heteroatoms. The van der Waals surface area contributed by atoms with Crippen LogP contribution in [0.4, 0.5) is 0 Å². The number of thioether (sulfide) groups is 1. The number of hydrogen-bond donors (Lipinski definition) is 2. The zero-order valence-corrected chi connectivity index (χ0v) is 9.02. The maximum Gasteiger partial charge on any atom is 0.152 e. The molecule has 0 fully saturated rings. The predicted molar refractivity (Wildman–Crippen MR) is 55.6 cm³/mol. The molecule has 1 rings (SSSR count). The number of nitrogens with zero attached hydrogens (tertiary/aromatic N) is 2. The third-order valence-electron chi connectivity index (χ3n) is 1.41. The van der Waals surface area contributed by atoms with E-state index in [0.717, 1.165) is 10.0 Å². The first-order valence-corrected chi connectivity index (χ1v) is 5.45. The third kappa shape index (κ3) is 2.89. The van der Waals surface area contributed by atoms with Crippen LogP contribution in [-0.2, 0) is 0 Å². The fraction of sp³-hybridized carbons (Fsp3) is 0.429. The van der Waals surface area contributed by atoms with Gasteiger partial charge in [-0.25, -0.2) is 4.98 Å². The average Bonchev–Trinajstić information content (AvgIpc) is 2.49. The number of oxime groups is 1. The van der Waals surface area contributed by atoms with Crippen LogP contribution in [0.3, 0.4) is 0 Å². The molecular weight excluding hydrogens is 206 g/mol. The maximum atomic E-state index is 8.42. The van der Waals surface area contributed by atoms with E-state index in [0.29, 0.717) is 0 Å². The van der Waals surface area contributed by atoms with Gasteiger partial charge >= 0.3 is 0 Å². The summed E-state index contributed by atoms with van der Waals surface area (Å²) in [6.45, 7) is 3.81. The lowest BCUT2D eigenvalue weighted by atomic mass is 10.4. The van der Waals surface area contributed by atoms with E-state index in [1.54, 1.807) is 11.3 Å². The first-order chi connectivity index (χ1) is 6.13. The molecule has 0 radical (unpaired) electrons. The highest BCUT2D eigenvalue weighted by Gasteiger charge is 2.11. The van der Waals surface area contributed by atoms with Crippen LogP contribution in [-0.4, -0.2) is 21.3 Å². The molecule has 4 nitrogen and oxygen atoms in total. The van der Waals surface area contributed by atoms with Gasteiger partial charge in [0.2, 0.25) is 0 Å². The van der Waals surface area contributed by atoms with Crippen molar-refractivity contribution in [3.05, 3.63) is 11.1 Å². The minimum absolute atomic E-state index is 0.0458. The quantitative estimate of drug-likeness (QED) is 0.266. The number of aryl methyl sites for hydroxylation is 1. The Balaban J connectivity index is 2.59. The van der Waals surface area contributed by atoms with Crippen molar-refractivity contribution >= 4 is 28.9 Å². The summed E-state index contributed by atoms with van der Waals surface area (Å²) in [6, 6.07) is 0. The second-order valence-corrected chi connectivity index (χ2v) is 4.99. The van der Waals surface area contributed by atoms with Gasteiger partial charge in [0.25, 0.3) is 0 Å². The Hall–Kier alpha value is -0.750. The molecule has 0 saturated carbocycles. The van der Waals surface area contributed by atoms with Gasteiger partial charge in [0, 0.05) is 11.1 Å². The van der Waals surface area contributed by atoms with Crippen LogP contribution in [0.15, 0.2) is 14.9 Å². The van der Waals surface area contributed by atoms with Gasteiger partial charge in [-0.3, -0.25) is 0 Å². The van der Waals surface area contributed by atoms with Gasteiger partial charge in [0.15, 0.2) is 10.2 Å². The van der Waals surface area contributed by atoms with E-state index in [2.05, 4.69) is 10.1 Å². The van der Waals surface area contributed by atoms with Crippen LogP contribution in [0, 0.1) is 6.92 Å². The molecule has 13 heavy (non-hydrogen) atoms. The minimum Gasteiger partial charge on any atom is -0.409 e. The lowest BCUT2D eigenvalue weighted by Crippen LogP contribution is -2.23. The summed E-state index contributed by atoms with van der Waals surface area (Å²) in [5.41, 5.74) is 6.43. The highest BCUT2D eigenvalue weighted by atomic mass is 32.2. The van der Waals surface area contributed by atoms with Crippen LogP contribution in [0.1, 0.15) is 12.6 Å². The number of rotatable bonds is 3. The third-order valence-corrected chi connectivity index (χ3v) is 3.62. The highest BCUT2D eigenvalue weighted by Crippen LogP contribution is 2.26. The summed E-state index contributed by atoms with van der Waals surface area (Å²) in [4.78, 5) is 4.26. The van der Waals surface area contributed by atoms with Crippen molar-refractivity contribution in [3.8, 4) is 0 Å².